The summed E-state index contributed by atoms with van der Waals surface area (Å²) in [6, 6.07) is 12.7. The van der Waals surface area contributed by atoms with Crippen LogP contribution in [-0.4, -0.2) is 0 Å². The van der Waals surface area contributed by atoms with Gasteiger partial charge in [-0.1, -0.05) is 36.4 Å². The summed E-state index contributed by atoms with van der Waals surface area (Å²) in [5, 5.41) is 0. The van der Waals surface area contributed by atoms with Crippen LogP contribution in [0.1, 0.15) is 11.1 Å². The molecule has 2 aromatic rings. The average Bonchev–Trinajstić information content (AvgIpc) is 2.63. The summed E-state index contributed by atoms with van der Waals surface area (Å²) >= 11 is 0. The van der Waals surface area contributed by atoms with Crippen molar-refractivity contribution < 1.29 is 4.57 Å². The summed E-state index contributed by atoms with van der Waals surface area (Å²) in [6.45, 7) is 2.15. The maximum Gasteiger partial charge on any atom is 0.286 e. The van der Waals surface area contributed by atoms with E-state index in [1.807, 2.05) is 6.07 Å². The van der Waals surface area contributed by atoms with Crippen LogP contribution in [0, 0.1) is 6.92 Å². The molecule has 1 aromatic heterocycles. The Morgan fingerprint density at radius 2 is 1.89 bits per heavy atom. The molecule has 0 amide bonds. The van der Waals surface area contributed by atoms with E-state index in [1.165, 1.54) is 16.8 Å². The number of anilines is 2. The zero-order valence-corrected chi connectivity index (χ0v) is 11.2. The van der Waals surface area contributed by atoms with Gasteiger partial charge >= 0.3 is 0 Å². The van der Waals surface area contributed by atoms with E-state index in [-0.39, 0.29) is 0 Å². The van der Waals surface area contributed by atoms with Crippen LogP contribution in [-0.2, 0) is 7.05 Å². The zero-order valence-electron chi connectivity index (χ0n) is 11.2. The molecule has 0 N–H and O–H groups in total. The lowest BCUT2D eigenvalue weighted by molar-refractivity contribution is -0.658. The monoisotopic (exact) mass is 249 g/mol. The highest BCUT2D eigenvalue weighted by Gasteiger charge is 2.22. The first-order valence-corrected chi connectivity index (χ1v) is 6.46. The van der Waals surface area contributed by atoms with Crippen molar-refractivity contribution in [2.75, 3.05) is 4.90 Å². The van der Waals surface area contributed by atoms with Gasteiger partial charge in [-0.2, -0.15) is 4.90 Å². The number of para-hydroxylation sites is 1. The quantitative estimate of drug-likeness (QED) is 0.702. The molecule has 2 nitrogen and oxygen atoms in total. The van der Waals surface area contributed by atoms with Crippen LogP contribution in [0.25, 0.3) is 6.08 Å². The molecule has 0 spiro atoms. The molecule has 2 heteroatoms. The lowest BCUT2D eigenvalue weighted by Crippen LogP contribution is -2.34. The second-order valence-corrected chi connectivity index (χ2v) is 4.75. The Labute approximate surface area is 113 Å². The highest BCUT2D eigenvalue weighted by atomic mass is 15.2. The molecule has 0 saturated carbocycles. The Bertz CT molecular complexity index is 669. The predicted molar refractivity (Wildman–Crippen MR) is 79.1 cm³/mol. The van der Waals surface area contributed by atoms with E-state index in [9.17, 15) is 0 Å². The predicted octanol–water partition coefficient (Wildman–Crippen LogP) is 3.50. The van der Waals surface area contributed by atoms with Crippen LogP contribution in [0.5, 0.6) is 0 Å². The smallest absolute Gasteiger partial charge is 0.237 e. The van der Waals surface area contributed by atoms with Crippen molar-refractivity contribution in [2.24, 2.45) is 7.05 Å². The van der Waals surface area contributed by atoms with Crippen LogP contribution in [0.3, 0.4) is 0 Å². The molecular weight excluding hydrogens is 232 g/mol. The summed E-state index contributed by atoms with van der Waals surface area (Å²) in [6.07, 6.45) is 10.5. The molecule has 1 aromatic carbocycles. The molecule has 0 atom stereocenters. The number of hydrogen-bond acceptors (Lipinski definition) is 1. The first-order chi connectivity index (χ1) is 9.27. The van der Waals surface area contributed by atoms with Crippen LogP contribution in [0.4, 0.5) is 11.5 Å². The van der Waals surface area contributed by atoms with Gasteiger partial charge in [0.05, 0.1) is 19.4 Å². The number of benzene rings is 1. The molecule has 2 heterocycles. The molecule has 0 radical (unpaired) electrons. The molecule has 0 aliphatic carbocycles. The molecule has 1 aliphatic heterocycles. The number of hydrogen-bond donors (Lipinski definition) is 0. The second-order valence-electron chi connectivity index (χ2n) is 4.75. The third-order valence-corrected chi connectivity index (χ3v) is 3.41. The summed E-state index contributed by atoms with van der Waals surface area (Å²) in [5.74, 6) is 1.15. The normalized spacial score (nSPS) is 13.3. The number of aromatic nitrogens is 1. The number of aryl methyl sites for hydroxylation is 2. The third-order valence-electron chi connectivity index (χ3n) is 3.41. The fourth-order valence-corrected chi connectivity index (χ4v) is 2.47. The van der Waals surface area contributed by atoms with Crippen LogP contribution >= 0.6 is 0 Å². The van der Waals surface area contributed by atoms with E-state index in [0.29, 0.717) is 0 Å². The summed E-state index contributed by atoms with van der Waals surface area (Å²) < 4.78 is 2.13. The van der Waals surface area contributed by atoms with Gasteiger partial charge in [0.2, 0.25) is 0 Å². The minimum absolute atomic E-state index is 1.15. The van der Waals surface area contributed by atoms with Gasteiger partial charge in [-0.25, -0.2) is 4.57 Å². The molecule has 94 valence electrons. The van der Waals surface area contributed by atoms with Crippen LogP contribution in [0.2, 0.25) is 0 Å². The molecule has 19 heavy (non-hydrogen) atoms. The maximum absolute atomic E-state index is 2.24. The average molecular weight is 249 g/mol. The Hall–Kier alpha value is -2.35. The fraction of sp³-hybridized carbons (Fsp3) is 0.118. The van der Waals surface area contributed by atoms with Gasteiger partial charge in [0.25, 0.3) is 5.82 Å². The molecular formula is C17H17N2+. The highest BCUT2D eigenvalue weighted by Crippen LogP contribution is 2.32. The van der Waals surface area contributed by atoms with Crippen molar-refractivity contribution in [3.05, 3.63) is 72.1 Å². The topological polar surface area (TPSA) is 7.12 Å². The Morgan fingerprint density at radius 1 is 1.00 bits per heavy atom. The van der Waals surface area contributed by atoms with Gasteiger partial charge < -0.3 is 0 Å². The summed E-state index contributed by atoms with van der Waals surface area (Å²) in [5.41, 5.74) is 3.76. The van der Waals surface area contributed by atoms with Crippen molar-refractivity contribution in [1.29, 1.82) is 0 Å². The minimum Gasteiger partial charge on any atom is -0.237 e. The van der Waals surface area contributed by atoms with Gasteiger partial charge in [0, 0.05) is 11.6 Å². The van der Waals surface area contributed by atoms with E-state index in [1.54, 1.807) is 0 Å². The Morgan fingerprint density at radius 3 is 2.74 bits per heavy atom. The summed E-state index contributed by atoms with van der Waals surface area (Å²) in [7, 11) is 2.07. The van der Waals surface area contributed by atoms with Gasteiger partial charge in [-0.05, 0) is 24.6 Å². The number of allylic oxidation sites excluding steroid dienone is 2. The first kappa shape index (κ1) is 11.7. The van der Waals surface area contributed by atoms with Crippen LogP contribution in [0.15, 0.2) is 60.9 Å². The second kappa shape index (κ2) is 4.73. The number of rotatable bonds is 1. The molecule has 0 bridgehead atoms. The molecule has 0 unspecified atom stereocenters. The molecule has 0 saturated heterocycles. The van der Waals surface area contributed by atoms with E-state index in [0.717, 1.165) is 5.82 Å². The molecule has 3 rings (SSSR count). The Balaban J connectivity index is 2.23. The van der Waals surface area contributed by atoms with E-state index in [2.05, 4.69) is 84.4 Å². The first-order valence-electron chi connectivity index (χ1n) is 6.46. The summed E-state index contributed by atoms with van der Waals surface area (Å²) in [4.78, 5) is 2.24. The highest BCUT2D eigenvalue weighted by molar-refractivity contribution is 5.78. The van der Waals surface area contributed by atoms with Gasteiger partial charge in [-0.3, -0.25) is 0 Å². The van der Waals surface area contributed by atoms with Gasteiger partial charge in [0.1, 0.15) is 5.69 Å². The molecule has 1 aliphatic rings. The van der Waals surface area contributed by atoms with E-state index in [4.69, 9.17) is 0 Å². The fourth-order valence-electron chi connectivity index (χ4n) is 2.47. The Kier molecular flexibility index (Phi) is 2.92. The standard InChI is InChI=1S/C17H17N2/c1-14-8-7-10-15-9-3-6-13-19(17(14)15)16-11-4-5-12-18(16)2/h3-13H,1-2H3/q+1. The van der Waals surface area contributed by atoms with Gasteiger partial charge in [0.15, 0.2) is 0 Å². The van der Waals surface area contributed by atoms with Crippen LogP contribution < -0.4 is 9.47 Å². The minimum atomic E-state index is 1.15. The van der Waals surface area contributed by atoms with E-state index >= 15 is 0 Å². The van der Waals surface area contributed by atoms with Crippen molar-refractivity contribution in [1.82, 2.24) is 0 Å². The van der Waals surface area contributed by atoms with Crippen molar-refractivity contribution in [3.8, 4) is 0 Å². The van der Waals surface area contributed by atoms with E-state index < -0.39 is 0 Å². The maximum atomic E-state index is 2.24. The lowest BCUT2D eigenvalue weighted by atomic mass is 10.1. The molecule has 0 fully saturated rings. The number of nitrogens with zero attached hydrogens (tertiary/aromatic N) is 2. The largest absolute Gasteiger partial charge is 0.286 e. The lowest BCUT2D eigenvalue weighted by Gasteiger charge is -2.17. The van der Waals surface area contributed by atoms with Crippen molar-refractivity contribution in [2.45, 2.75) is 6.92 Å². The number of fused-ring (bicyclic) bond motifs is 1. The van der Waals surface area contributed by atoms with Crippen molar-refractivity contribution in [3.63, 3.8) is 0 Å². The third kappa shape index (κ3) is 2.06. The number of pyridine rings is 1. The van der Waals surface area contributed by atoms with Gasteiger partial charge in [-0.15, -0.1) is 0 Å². The SMILES string of the molecule is Cc1cccc2c1N(c1cccc[n+]1C)C=CC=C2. The zero-order chi connectivity index (χ0) is 13.2. The van der Waals surface area contributed by atoms with Crippen molar-refractivity contribution >= 4 is 17.6 Å².